The Balaban J connectivity index is 1.48. The van der Waals surface area contributed by atoms with Crippen LogP contribution < -0.4 is 10.9 Å². The molecule has 1 atom stereocenters. The van der Waals surface area contributed by atoms with E-state index in [4.69, 9.17) is 11.6 Å². The second-order valence-corrected chi connectivity index (χ2v) is 7.51. The van der Waals surface area contributed by atoms with Crippen molar-refractivity contribution in [1.29, 1.82) is 0 Å². The zero-order valence-electron chi connectivity index (χ0n) is 16.8. The number of aromatic nitrogens is 4. The number of halogens is 1. The molecule has 0 saturated heterocycles. The second kappa shape index (κ2) is 8.97. The van der Waals surface area contributed by atoms with E-state index < -0.39 is 0 Å². The average molecular weight is 434 g/mol. The summed E-state index contributed by atoms with van der Waals surface area (Å²) in [5.74, 6) is -0.263. The highest BCUT2D eigenvalue weighted by Gasteiger charge is 2.13. The van der Waals surface area contributed by atoms with Crippen molar-refractivity contribution in [2.24, 2.45) is 0 Å². The number of hydrogen-bond acceptors (Lipinski definition) is 4. The first kappa shape index (κ1) is 20.6. The van der Waals surface area contributed by atoms with Gasteiger partial charge in [0, 0.05) is 17.3 Å². The topological polar surface area (TPSA) is 81.8 Å². The average Bonchev–Trinajstić information content (AvgIpc) is 3.32. The molecule has 2 heterocycles. The van der Waals surface area contributed by atoms with Crippen molar-refractivity contribution in [3.63, 3.8) is 0 Å². The van der Waals surface area contributed by atoms with Gasteiger partial charge in [-0.05, 0) is 42.3 Å². The molecule has 0 aliphatic heterocycles. The van der Waals surface area contributed by atoms with E-state index >= 15 is 0 Å². The molecule has 2 aromatic carbocycles. The van der Waals surface area contributed by atoms with Crippen LogP contribution in [-0.2, 0) is 6.54 Å². The number of nitrogens with one attached hydrogen (secondary N) is 1. The van der Waals surface area contributed by atoms with Gasteiger partial charge in [-0.1, -0.05) is 41.9 Å². The van der Waals surface area contributed by atoms with Gasteiger partial charge in [0.15, 0.2) is 0 Å². The van der Waals surface area contributed by atoms with Gasteiger partial charge in [-0.25, -0.2) is 9.67 Å². The van der Waals surface area contributed by atoms with Gasteiger partial charge in [0.1, 0.15) is 12.7 Å². The Bertz CT molecular complexity index is 1250. The van der Waals surface area contributed by atoms with Crippen LogP contribution in [0.5, 0.6) is 0 Å². The van der Waals surface area contributed by atoms with Gasteiger partial charge >= 0.3 is 0 Å². The second-order valence-electron chi connectivity index (χ2n) is 7.10. The van der Waals surface area contributed by atoms with Crippen molar-refractivity contribution in [3.8, 4) is 5.69 Å². The van der Waals surface area contributed by atoms with Crippen molar-refractivity contribution in [3.05, 3.63) is 112 Å². The minimum Gasteiger partial charge on any atom is -0.345 e. The van der Waals surface area contributed by atoms with E-state index in [-0.39, 0.29) is 17.5 Å². The molecular formula is C23H20ClN5O2. The van der Waals surface area contributed by atoms with Crippen LogP contribution in [0.4, 0.5) is 0 Å². The molecule has 0 radical (unpaired) electrons. The summed E-state index contributed by atoms with van der Waals surface area (Å²) >= 11 is 6.21. The largest absolute Gasteiger partial charge is 0.345 e. The highest BCUT2D eigenvalue weighted by molar-refractivity contribution is 6.31. The van der Waals surface area contributed by atoms with Crippen LogP contribution in [0.25, 0.3) is 5.69 Å². The minimum absolute atomic E-state index is 0.201. The first-order valence-corrected chi connectivity index (χ1v) is 10.1. The molecule has 0 saturated carbocycles. The van der Waals surface area contributed by atoms with E-state index in [0.29, 0.717) is 17.1 Å². The number of pyridine rings is 1. The number of rotatable bonds is 6. The number of benzene rings is 2. The summed E-state index contributed by atoms with van der Waals surface area (Å²) < 4.78 is 3.14. The summed E-state index contributed by atoms with van der Waals surface area (Å²) in [5, 5.41) is 7.65. The third kappa shape index (κ3) is 4.73. The number of nitrogens with zero attached hydrogens (tertiary/aromatic N) is 4. The summed E-state index contributed by atoms with van der Waals surface area (Å²) in [6, 6.07) is 17.7. The number of hydrogen-bond donors (Lipinski definition) is 1. The number of amides is 1. The maximum Gasteiger partial charge on any atom is 0.253 e. The van der Waals surface area contributed by atoms with Gasteiger partial charge in [0.05, 0.1) is 23.8 Å². The van der Waals surface area contributed by atoms with Gasteiger partial charge in [-0.15, -0.1) is 0 Å². The molecule has 1 unspecified atom stereocenters. The zero-order chi connectivity index (χ0) is 21.8. The van der Waals surface area contributed by atoms with E-state index in [1.165, 1.54) is 23.0 Å². The number of carbonyl (C=O) groups excluding carboxylic acids is 1. The molecule has 156 valence electrons. The quantitative estimate of drug-likeness (QED) is 0.503. The van der Waals surface area contributed by atoms with E-state index in [1.54, 1.807) is 23.3 Å². The van der Waals surface area contributed by atoms with Gasteiger partial charge in [0.2, 0.25) is 0 Å². The minimum atomic E-state index is -0.263. The van der Waals surface area contributed by atoms with Crippen molar-refractivity contribution in [1.82, 2.24) is 24.6 Å². The Morgan fingerprint density at radius 3 is 2.58 bits per heavy atom. The maximum atomic E-state index is 12.8. The third-order valence-corrected chi connectivity index (χ3v) is 5.34. The lowest BCUT2D eigenvalue weighted by molar-refractivity contribution is 0.0939. The summed E-state index contributed by atoms with van der Waals surface area (Å²) in [6.45, 7) is 2.20. The molecule has 0 aliphatic carbocycles. The van der Waals surface area contributed by atoms with Crippen LogP contribution in [0.15, 0.2) is 84.3 Å². The van der Waals surface area contributed by atoms with Crippen molar-refractivity contribution >= 4 is 17.5 Å². The molecule has 31 heavy (non-hydrogen) atoms. The van der Waals surface area contributed by atoms with Crippen LogP contribution in [0, 0.1) is 0 Å². The Labute approximate surface area is 183 Å². The summed E-state index contributed by atoms with van der Waals surface area (Å²) in [4.78, 5) is 29.0. The molecule has 2 aromatic heterocycles. The molecule has 8 heteroatoms. The van der Waals surface area contributed by atoms with Gasteiger partial charge in [-0.3, -0.25) is 9.59 Å². The first-order chi connectivity index (χ1) is 15.0. The van der Waals surface area contributed by atoms with Crippen molar-refractivity contribution < 1.29 is 4.79 Å². The Kier molecular flexibility index (Phi) is 5.95. The first-order valence-electron chi connectivity index (χ1n) is 9.71. The van der Waals surface area contributed by atoms with Crippen molar-refractivity contribution in [2.45, 2.75) is 19.5 Å². The summed E-state index contributed by atoms with van der Waals surface area (Å²) in [5.41, 5.74) is 2.84. The molecule has 1 N–H and O–H groups in total. The molecule has 1 amide bonds. The van der Waals surface area contributed by atoms with Crippen LogP contribution in [0.2, 0.25) is 5.02 Å². The maximum absolute atomic E-state index is 12.8. The molecule has 0 bridgehead atoms. The normalized spacial score (nSPS) is 11.8. The lowest BCUT2D eigenvalue weighted by Crippen LogP contribution is -2.29. The fourth-order valence-corrected chi connectivity index (χ4v) is 3.42. The van der Waals surface area contributed by atoms with Crippen LogP contribution in [0.1, 0.15) is 34.5 Å². The Hall–Kier alpha value is -3.71. The standard InChI is InChI=1S/C23H20ClN5O2/c1-16(17-6-9-20(10-7-17)29-15-25-14-26-29)27-23(31)19-8-11-22(30)28(13-19)12-18-4-2-3-5-21(18)24/h2-11,13-16H,12H2,1H3,(H,27,31). The molecular weight excluding hydrogens is 414 g/mol. The highest BCUT2D eigenvalue weighted by Crippen LogP contribution is 2.17. The van der Waals surface area contributed by atoms with Gasteiger partial charge < -0.3 is 9.88 Å². The van der Waals surface area contributed by atoms with Gasteiger partial charge in [-0.2, -0.15) is 5.10 Å². The molecule has 0 spiro atoms. The monoisotopic (exact) mass is 433 g/mol. The van der Waals surface area contributed by atoms with E-state index in [2.05, 4.69) is 15.4 Å². The van der Waals surface area contributed by atoms with E-state index in [0.717, 1.165) is 16.8 Å². The van der Waals surface area contributed by atoms with Gasteiger partial charge in [0.25, 0.3) is 11.5 Å². The molecule has 0 fully saturated rings. The summed E-state index contributed by atoms with van der Waals surface area (Å²) in [7, 11) is 0. The van der Waals surface area contributed by atoms with E-state index in [1.807, 2.05) is 49.4 Å². The lowest BCUT2D eigenvalue weighted by atomic mass is 10.1. The third-order valence-electron chi connectivity index (χ3n) is 4.97. The van der Waals surface area contributed by atoms with Crippen molar-refractivity contribution in [2.75, 3.05) is 0 Å². The fraction of sp³-hybridized carbons (Fsp3) is 0.130. The van der Waals surface area contributed by atoms with E-state index in [9.17, 15) is 9.59 Å². The molecule has 4 aromatic rings. The SMILES string of the molecule is CC(NC(=O)c1ccc(=O)n(Cc2ccccc2Cl)c1)c1ccc(-n2cncn2)cc1. The smallest absolute Gasteiger partial charge is 0.253 e. The zero-order valence-corrected chi connectivity index (χ0v) is 17.5. The predicted octanol–water partition coefficient (Wildman–Crippen LogP) is 3.62. The number of carbonyl (C=O) groups is 1. The predicted molar refractivity (Wildman–Crippen MR) is 118 cm³/mol. The molecule has 0 aliphatic rings. The lowest BCUT2D eigenvalue weighted by Gasteiger charge is -2.16. The molecule has 7 nitrogen and oxygen atoms in total. The summed E-state index contributed by atoms with van der Waals surface area (Å²) in [6.07, 6.45) is 4.65. The van der Waals surface area contributed by atoms with Crippen LogP contribution >= 0.6 is 11.6 Å². The molecule has 4 rings (SSSR count). The fourth-order valence-electron chi connectivity index (χ4n) is 3.22. The Morgan fingerprint density at radius 2 is 1.87 bits per heavy atom. The van der Waals surface area contributed by atoms with Crippen LogP contribution in [-0.4, -0.2) is 25.2 Å². The Morgan fingerprint density at radius 1 is 1.10 bits per heavy atom. The van der Waals surface area contributed by atoms with Crippen LogP contribution in [0.3, 0.4) is 0 Å². The highest BCUT2D eigenvalue weighted by atomic mass is 35.5.